The van der Waals surface area contributed by atoms with Gasteiger partial charge in [-0.25, -0.2) is 4.79 Å². The van der Waals surface area contributed by atoms with Crippen molar-refractivity contribution in [1.29, 1.82) is 0 Å². The van der Waals surface area contributed by atoms with Gasteiger partial charge in [-0.3, -0.25) is 9.59 Å². The van der Waals surface area contributed by atoms with Crippen molar-refractivity contribution < 1.29 is 19.1 Å². The van der Waals surface area contributed by atoms with Crippen molar-refractivity contribution in [1.82, 2.24) is 10.6 Å². The van der Waals surface area contributed by atoms with Crippen molar-refractivity contribution in [2.75, 3.05) is 0 Å². The number of ether oxygens (including phenoxy) is 1. The van der Waals surface area contributed by atoms with Crippen LogP contribution in [0, 0.1) is 0 Å². The first kappa shape index (κ1) is 16.5. The Kier molecular flexibility index (Phi) is 5.53. The van der Waals surface area contributed by atoms with E-state index in [2.05, 4.69) is 10.6 Å². The summed E-state index contributed by atoms with van der Waals surface area (Å²) in [5.74, 6) is -0.609. The van der Waals surface area contributed by atoms with Crippen LogP contribution >= 0.6 is 0 Å². The Morgan fingerprint density at radius 1 is 1.45 bits per heavy atom. The highest BCUT2D eigenvalue weighted by Crippen LogP contribution is 2.12. The lowest BCUT2D eigenvalue weighted by Gasteiger charge is -2.22. The van der Waals surface area contributed by atoms with Gasteiger partial charge >= 0.3 is 5.97 Å². The third-order valence-corrected chi connectivity index (χ3v) is 2.94. The number of hydrogen-bond acceptors (Lipinski definition) is 4. The van der Waals surface area contributed by atoms with E-state index in [1.807, 2.05) is 0 Å². The second kappa shape index (κ2) is 6.72. The Morgan fingerprint density at radius 3 is 2.60 bits per heavy atom. The van der Waals surface area contributed by atoms with Crippen molar-refractivity contribution in [2.45, 2.75) is 71.1 Å². The normalized spacial score (nSPS) is 20.2. The molecule has 1 fully saturated rings. The van der Waals surface area contributed by atoms with E-state index in [-0.39, 0.29) is 24.3 Å². The Labute approximate surface area is 119 Å². The minimum absolute atomic E-state index is 0.0394. The molecule has 1 aliphatic heterocycles. The molecule has 0 radical (unpaired) electrons. The van der Waals surface area contributed by atoms with E-state index in [4.69, 9.17) is 4.74 Å². The number of amides is 2. The minimum atomic E-state index is -0.667. The molecular weight excluding hydrogens is 260 g/mol. The van der Waals surface area contributed by atoms with E-state index in [0.717, 1.165) is 6.42 Å². The lowest BCUT2D eigenvalue weighted by Crippen LogP contribution is -2.42. The lowest BCUT2D eigenvalue weighted by atomic mass is 10.1. The van der Waals surface area contributed by atoms with Crippen molar-refractivity contribution in [3.05, 3.63) is 0 Å². The predicted octanol–water partition coefficient (Wildman–Crippen LogP) is 0.892. The fraction of sp³-hybridized carbons (Fsp3) is 0.786. The smallest absolute Gasteiger partial charge is 0.328 e. The summed E-state index contributed by atoms with van der Waals surface area (Å²) in [6, 6.07) is -0.593. The first-order valence-corrected chi connectivity index (χ1v) is 6.99. The van der Waals surface area contributed by atoms with Crippen LogP contribution in [0.4, 0.5) is 0 Å². The van der Waals surface area contributed by atoms with Gasteiger partial charge in [0.15, 0.2) is 0 Å². The van der Waals surface area contributed by atoms with Crippen LogP contribution in [0.3, 0.4) is 0 Å². The monoisotopic (exact) mass is 284 g/mol. The summed E-state index contributed by atoms with van der Waals surface area (Å²) in [6.07, 6.45) is 2.19. The van der Waals surface area contributed by atoms with Gasteiger partial charge in [0.1, 0.15) is 11.6 Å². The Hall–Kier alpha value is -1.59. The summed E-state index contributed by atoms with van der Waals surface area (Å²) in [5, 5.41) is 5.42. The molecule has 1 saturated heterocycles. The van der Waals surface area contributed by atoms with Gasteiger partial charge < -0.3 is 15.4 Å². The van der Waals surface area contributed by atoms with Crippen LogP contribution in [0.25, 0.3) is 0 Å². The molecule has 2 atom stereocenters. The molecule has 0 saturated carbocycles. The SMILES string of the molecule is C[C@H](NC(=O)CCC1CCC(=O)N1)C(=O)OC(C)(C)C. The van der Waals surface area contributed by atoms with Gasteiger partial charge in [0, 0.05) is 18.9 Å². The topological polar surface area (TPSA) is 84.5 Å². The van der Waals surface area contributed by atoms with E-state index < -0.39 is 17.6 Å². The minimum Gasteiger partial charge on any atom is -0.458 e. The van der Waals surface area contributed by atoms with E-state index in [1.165, 1.54) is 0 Å². The van der Waals surface area contributed by atoms with E-state index in [1.54, 1.807) is 27.7 Å². The van der Waals surface area contributed by atoms with Gasteiger partial charge in [0.05, 0.1) is 0 Å². The number of rotatable bonds is 5. The Bertz CT molecular complexity index is 387. The summed E-state index contributed by atoms with van der Waals surface area (Å²) < 4.78 is 5.18. The van der Waals surface area contributed by atoms with Crippen LogP contribution in [0.2, 0.25) is 0 Å². The Balaban J connectivity index is 2.27. The van der Waals surface area contributed by atoms with Crippen LogP contribution < -0.4 is 10.6 Å². The highest BCUT2D eigenvalue weighted by atomic mass is 16.6. The zero-order valence-electron chi connectivity index (χ0n) is 12.6. The molecule has 6 heteroatoms. The maximum atomic E-state index is 11.7. The molecule has 0 aliphatic carbocycles. The number of nitrogens with one attached hydrogen (secondary N) is 2. The molecule has 1 heterocycles. The summed E-state index contributed by atoms with van der Waals surface area (Å²) in [7, 11) is 0. The van der Waals surface area contributed by atoms with Crippen molar-refractivity contribution >= 4 is 17.8 Å². The van der Waals surface area contributed by atoms with Crippen LogP contribution in [-0.4, -0.2) is 35.5 Å². The molecule has 0 bridgehead atoms. The molecule has 0 spiro atoms. The van der Waals surface area contributed by atoms with Gasteiger partial charge in [-0.15, -0.1) is 0 Å². The number of carbonyl (C=O) groups is 3. The highest BCUT2D eigenvalue weighted by molar-refractivity contribution is 5.84. The second-order valence-corrected chi connectivity index (χ2v) is 6.16. The van der Waals surface area contributed by atoms with Crippen LogP contribution in [0.1, 0.15) is 53.4 Å². The molecule has 1 unspecified atom stereocenters. The molecule has 0 aromatic heterocycles. The molecule has 1 rings (SSSR count). The predicted molar refractivity (Wildman–Crippen MR) is 73.8 cm³/mol. The average Bonchev–Trinajstić information content (AvgIpc) is 2.70. The van der Waals surface area contributed by atoms with E-state index >= 15 is 0 Å². The first-order valence-electron chi connectivity index (χ1n) is 6.99. The highest BCUT2D eigenvalue weighted by Gasteiger charge is 2.24. The Morgan fingerprint density at radius 2 is 2.10 bits per heavy atom. The third kappa shape index (κ3) is 6.04. The summed E-state index contributed by atoms with van der Waals surface area (Å²) in [5.41, 5.74) is -0.565. The molecule has 6 nitrogen and oxygen atoms in total. The van der Waals surface area contributed by atoms with Crippen molar-refractivity contribution in [3.8, 4) is 0 Å². The number of carbonyl (C=O) groups excluding carboxylic acids is 3. The van der Waals surface area contributed by atoms with E-state index in [9.17, 15) is 14.4 Å². The fourth-order valence-corrected chi connectivity index (χ4v) is 1.96. The molecule has 1 aliphatic rings. The average molecular weight is 284 g/mol. The van der Waals surface area contributed by atoms with Crippen molar-refractivity contribution in [2.24, 2.45) is 0 Å². The van der Waals surface area contributed by atoms with Gasteiger partial charge in [-0.1, -0.05) is 0 Å². The largest absolute Gasteiger partial charge is 0.458 e. The fourth-order valence-electron chi connectivity index (χ4n) is 1.96. The van der Waals surface area contributed by atoms with Gasteiger partial charge in [0.2, 0.25) is 11.8 Å². The summed E-state index contributed by atoms with van der Waals surface area (Å²) in [4.78, 5) is 34.5. The molecule has 0 aromatic carbocycles. The summed E-state index contributed by atoms with van der Waals surface area (Å²) in [6.45, 7) is 6.94. The van der Waals surface area contributed by atoms with Gasteiger partial charge in [-0.05, 0) is 40.5 Å². The molecule has 2 N–H and O–H groups in total. The van der Waals surface area contributed by atoms with E-state index in [0.29, 0.717) is 12.8 Å². The standard InChI is InChI=1S/C14H24N2O4/c1-9(13(19)20-14(2,3)4)15-11(17)7-5-10-6-8-12(18)16-10/h9-10H,5-8H2,1-4H3,(H,15,17)(H,16,18)/t9-,10?/m0/s1. The maximum Gasteiger partial charge on any atom is 0.328 e. The molecular formula is C14H24N2O4. The third-order valence-electron chi connectivity index (χ3n) is 2.94. The second-order valence-electron chi connectivity index (χ2n) is 6.16. The zero-order valence-corrected chi connectivity index (χ0v) is 12.6. The molecule has 20 heavy (non-hydrogen) atoms. The van der Waals surface area contributed by atoms with Crippen LogP contribution in [-0.2, 0) is 19.1 Å². The van der Waals surface area contributed by atoms with Crippen LogP contribution in [0.5, 0.6) is 0 Å². The first-order chi connectivity index (χ1) is 9.17. The van der Waals surface area contributed by atoms with Gasteiger partial charge in [0.25, 0.3) is 0 Å². The van der Waals surface area contributed by atoms with Crippen LogP contribution in [0.15, 0.2) is 0 Å². The number of hydrogen-bond donors (Lipinski definition) is 2. The molecule has 2 amide bonds. The summed E-state index contributed by atoms with van der Waals surface area (Å²) >= 11 is 0. The zero-order chi connectivity index (χ0) is 15.3. The molecule has 0 aromatic rings. The van der Waals surface area contributed by atoms with Gasteiger partial charge in [-0.2, -0.15) is 0 Å². The lowest BCUT2D eigenvalue weighted by molar-refractivity contribution is -0.158. The van der Waals surface area contributed by atoms with Crippen molar-refractivity contribution in [3.63, 3.8) is 0 Å². The molecule has 114 valence electrons. The quantitative estimate of drug-likeness (QED) is 0.734. The maximum absolute atomic E-state index is 11.7. The number of esters is 1.